The van der Waals surface area contributed by atoms with Gasteiger partial charge in [-0.3, -0.25) is 9.69 Å². The van der Waals surface area contributed by atoms with Gasteiger partial charge in [-0.2, -0.15) is 0 Å². The van der Waals surface area contributed by atoms with Crippen LogP contribution in [0.3, 0.4) is 0 Å². The summed E-state index contributed by atoms with van der Waals surface area (Å²) in [4.78, 5) is 17.2. The molecule has 1 N–H and O–H groups in total. The molecule has 1 amide bonds. The number of rotatable bonds is 7. The maximum Gasteiger partial charge on any atom is 0.256 e. The minimum atomic E-state index is -1.25. The van der Waals surface area contributed by atoms with E-state index in [1.165, 1.54) is 5.56 Å². The predicted molar refractivity (Wildman–Crippen MR) is 111 cm³/mol. The third-order valence-corrected chi connectivity index (χ3v) is 6.32. The maximum absolute atomic E-state index is 13.1. The summed E-state index contributed by atoms with van der Waals surface area (Å²) >= 11 is 0. The van der Waals surface area contributed by atoms with Gasteiger partial charge in [0, 0.05) is 33.4 Å². The van der Waals surface area contributed by atoms with E-state index in [9.17, 15) is 9.90 Å². The SMILES string of the molecule is COCC1CCN(CC2(O)CCCN(Cc3ccc(C(C)C)cc3)C2=O)CC1. The Kier molecular flexibility index (Phi) is 7.13. The zero-order valence-corrected chi connectivity index (χ0v) is 17.7. The van der Waals surface area contributed by atoms with E-state index in [0.29, 0.717) is 31.3 Å². The van der Waals surface area contributed by atoms with Crippen molar-refractivity contribution in [1.82, 2.24) is 9.80 Å². The molecule has 0 spiro atoms. The molecule has 0 aliphatic carbocycles. The molecular formula is C23H36N2O3. The van der Waals surface area contributed by atoms with Crippen LogP contribution < -0.4 is 0 Å². The number of hydrogen-bond acceptors (Lipinski definition) is 4. The summed E-state index contributed by atoms with van der Waals surface area (Å²) in [6.45, 7) is 8.79. The first kappa shape index (κ1) is 21.3. The number of benzene rings is 1. The molecular weight excluding hydrogens is 352 g/mol. The molecule has 2 saturated heterocycles. The van der Waals surface area contributed by atoms with Gasteiger partial charge < -0.3 is 14.7 Å². The number of β-amino-alcohol motifs (C(OH)–C–C–N with tert-alkyl or cyclic N) is 1. The average molecular weight is 389 g/mol. The average Bonchev–Trinajstić information content (AvgIpc) is 2.68. The lowest BCUT2D eigenvalue weighted by Gasteiger charge is -2.42. The Bertz CT molecular complexity index is 638. The topological polar surface area (TPSA) is 53.0 Å². The summed E-state index contributed by atoms with van der Waals surface area (Å²) in [5.74, 6) is 0.998. The zero-order valence-electron chi connectivity index (χ0n) is 17.7. The molecule has 2 aliphatic heterocycles. The van der Waals surface area contributed by atoms with Crippen LogP contribution in [0.1, 0.15) is 56.6 Å². The normalized spacial score (nSPS) is 24.9. The zero-order chi connectivity index (χ0) is 20.1. The van der Waals surface area contributed by atoms with Crippen LogP contribution in [0.4, 0.5) is 0 Å². The number of likely N-dealkylation sites (tertiary alicyclic amines) is 2. The minimum Gasteiger partial charge on any atom is -0.384 e. The lowest BCUT2D eigenvalue weighted by Crippen LogP contribution is -2.59. The van der Waals surface area contributed by atoms with E-state index >= 15 is 0 Å². The number of ether oxygens (including phenoxy) is 1. The van der Waals surface area contributed by atoms with Crippen LogP contribution in [0.5, 0.6) is 0 Å². The minimum absolute atomic E-state index is 0.106. The van der Waals surface area contributed by atoms with E-state index in [-0.39, 0.29) is 5.91 Å². The summed E-state index contributed by atoms with van der Waals surface area (Å²) in [5.41, 5.74) is 1.19. The van der Waals surface area contributed by atoms with Crippen molar-refractivity contribution in [3.05, 3.63) is 35.4 Å². The molecule has 1 unspecified atom stereocenters. The Balaban J connectivity index is 1.58. The van der Waals surface area contributed by atoms with Gasteiger partial charge in [-0.05, 0) is 61.7 Å². The highest BCUT2D eigenvalue weighted by molar-refractivity contribution is 5.86. The molecule has 28 heavy (non-hydrogen) atoms. The van der Waals surface area contributed by atoms with E-state index < -0.39 is 5.60 Å². The Morgan fingerprint density at radius 2 is 1.86 bits per heavy atom. The molecule has 1 aromatic rings. The standard InChI is InChI=1S/C23H36N2O3/c1-18(2)21-7-5-19(6-8-21)15-25-12-4-11-23(27,22(25)26)17-24-13-9-20(10-14-24)16-28-3/h5-8,18,20,27H,4,9-17H2,1-3H3. The number of methoxy groups -OCH3 is 1. The number of carbonyl (C=O) groups excluding carboxylic acids is 1. The predicted octanol–water partition coefficient (Wildman–Crippen LogP) is 3.02. The third kappa shape index (κ3) is 5.13. The van der Waals surface area contributed by atoms with Crippen molar-refractivity contribution in [2.45, 2.75) is 57.6 Å². The van der Waals surface area contributed by atoms with Gasteiger partial charge in [-0.25, -0.2) is 0 Å². The van der Waals surface area contributed by atoms with E-state index in [4.69, 9.17) is 4.74 Å². The van der Waals surface area contributed by atoms with Gasteiger partial charge in [0.1, 0.15) is 0 Å². The number of piperidine rings is 2. The molecule has 2 fully saturated rings. The highest BCUT2D eigenvalue weighted by Gasteiger charge is 2.43. The van der Waals surface area contributed by atoms with Crippen molar-refractivity contribution < 1.29 is 14.6 Å². The van der Waals surface area contributed by atoms with Gasteiger partial charge in [0.25, 0.3) is 5.91 Å². The molecule has 0 radical (unpaired) electrons. The fourth-order valence-corrected chi connectivity index (χ4v) is 4.51. The quantitative estimate of drug-likeness (QED) is 0.780. The second kappa shape index (κ2) is 9.38. The van der Waals surface area contributed by atoms with Crippen LogP contribution in [0.15, 0.2) is 24.3 Å². The van der Waals surface area contributed by atoms with Crippen molar-refractivity contribution in [3.63, 3.8) is 0 Å². The molecule has 0 saturated carbocycles. The lowest BCUT2D eigenvalue weighted by molar-refractivity contribution is -0.160. The smallest absolute Gasteiger partial charge is 0.256 e. The Hall–Kier alpha value is -1.43. The third-order valence-electron chi connectivity index (χ3n) is 6.32. The summed E-state index contributed by atoms with van der Waals surface area (Å²) in [6.07, 6.45) is 3.56. The fourth-order valence-electron chi connectivity index (χ4n) is 4.51. The van der Waals surface area contributed by atoms with Gasteiger partial charge in [0.15, 0.2) is 5.60 Å². The Morgan fingerprint density at radius 3 is 2.46 bits per heavy atom. The van der Waals surface area contributed by atoms with Crippen molar-refractivity contribution in [2.75, 3.05) is 39.9 Å². The van der Waals surface area contributed by atoms with Gasteiger partial charge in [0.05, 0.1) is 0 Å². The summed E-state index contributed by atoms with van der Waals surface area (Å²) in [6, 6.07) is 8.50. The van der Waals surface area contributed by atoms with Crippen molar-refractivity contribution in [3.8, 4) is 0 Å². The van der Waals surface area contributed by atoms with Gasteiger partial charge in [-0.15, -0.1) is 0 Å². The van der Waals surface area contributed by atoms with E-state index in [1.807, 2.05) is 4.90 Å². The van der Waals surface area contributed by atoms with Gasteiger partial charge >= 0.3 is 0 Å². The first-order chi connectivity index (χ1) is 13.4. The van der Waals surface area contributed by atoms with E-state index in [2.05, 4.69) is 43.0 Å². The largest absolute Gasteiger partial charge is 0.384 e. The highest BCUT2D eigenvalue weighted by Crippen LogP contribution is 2.28. The number of amides is 1. The van der Waals surface area contributed by atoms with Crippen molar-refractivity contribution >= 4 is 5.91 Å². The molecule has 3 rings (SSSR count). The lowest BCUT2D eigenvalue weighted by atomic mass is 9.89. The second-order valence-corrected chi connectivity index (χ2v) is 8.93. The molecule has 5 heteroatoms. The van der Waals surface area contributed by atoms with Crippen LogP contribution in [0, 0.1) is 5.92 Å². The fraction of sp³-hybridized carbons (Fsp3) is 0.696. The molecule has 156 valence electrons. The maximum atomic E-state index is 13.1. The van der Waals surface area contributed by atoms with Crippen LogP contribution in [0.25, 0.3) is 0 Å². The summed E-state index contributed by atoms with van der Waals surface area (Å²) in [5, 5.41) is 11.2. The molecule has 0 bridgehead atoms. The van der Waals surface area contributed by atoms with Gasteiger partial charge in [0.2, 0.25) is 0 Å². The molecule has 1 aromatic carbocycles. The molecule has 2 aliphatic rings. The van der Waals surface area contributed by atoms with E-state index in [1.54, 1.807) is 7.11 Å². The molecule has 2 heterocycles. The summed E-state index contributed by atoms with van der Waals surface area (Å²) in [7, 11) is 1.75. The van der Waals surface area contributed by atoms with Crippen LogP contribution in [-0.4, -0.2) is 66.3 Å². The first-order valence-corrected chi connectivity index (χ1v) is 10.7. The van der Waals surface area contributed by atoms with Crippen LogP contribution >= 0.6 is 0 Å². The molecule has 0 aromatic heterocycles. The first-order valence-electron chi connectivity index (χ1n) is 10.7. The molecule has 1 atom stereocenters. The number of carbonyl (C=O) groups is 1. The van der Waals surface area contributed by atoms with Crippen LogP contribution in [0.2, 0.25) is 0 Å². The Morgan fingerprint density at radius 1 is 1.18 bits per heavy atom. The van der Waals surface area contributed by atoms with Crippen molar-refractivity contribution in [2.24, 2.45) is 5.92 Å². The Labute approximate surface area is 169 Å². The monoisotopic (exact) mass is 388 g/mol. The number of aliphatic hydroxyl groups is 1. The second-order valence-electron chi connectivity index (χ2n) is 8.93. The van der Waals surface area contributed by atoms with Gasteiger partial charge in [-0.1, -0.05) is 38.1 Å². The molecule has 5 nitrogen and oxygen atoms in total. The number of hydrogen-bond donors (Lipinski definition) is 1. The van der Waals surface area contributed by atoms with Crippen LogP contribution in [-0.2, 0) is 16.1 Å². The summed E-state index contributed by atoms with van der Waals surface area (Å²) < 4.78 is 5.27. The highest BCUT2D eigenvalue weighted by atomic mass is 16.5. The number of nitrogens with zero attached hydrogens (tertiary/aromatic N) is 2. The van der Waals surface area contributed by atoms with E-state index in [0.717, 1.165) is 51.1 Å². The van der Waals surface area contributed by atoms with Crippen molar-refractivity contribution in [1.29, 1.82) is 0 Å².